The molecule has 0 aliphatic carbocycles. The highest BCUT2D eigenvalue weighted by molar-refractivity contribution is 7.47. The monoisotopic (exact) mass is 730 g/mol. The molecule has 50 heavy (non-hydrogen) atoms. The van der Waals surface area contributed by atoms with E-state index in [1.807, 2.05) is 6.08 Å². The highest BCUT2D eigenvalue weighted by atomic mass is 31.2. The molecule has 9 heteroatoms. The van der Waals surface area contributed by atoms with E-state index in [4.69, 9.17) is 24.3 Å². The molecule has 0 radical (unpaired) electrons. The first-order valence-corrected chi connectivity index (χ1v) is 22.4. The summed E-state index contributed by atoms with van der Waals surface area (Å²) in [7, 11) is -4.29. The van der Waals surface area contributed by atoms with Crippen LogP contribution >= 0.6 is 7.82 Å². The zero-order valence-corrected chi connectivity index (χ0v) is 33.5. The summed E-state index contributed by atoms with van der Waals surface area (Å²) in [5.41, 5.74) is 5.36. The molecule has 0 aliphatic rings. The first-order valence-electron chi connectivity index (χ1n) is 20.9. The van der Waals surface area contributed by atoms with E-state index in [2.05, 4.69) is 26.0 Å². The summed E-state index contributed by atoms with van der Waals surface area (Å²) in [5, 5.41) is 0. The van der Waals surface area contributed by atoms with Gasteiger partial charge in [-0.1, -0.05) is 161 Å². The van der Waals surface area contributed by atoms with E-state index in [-0.39, 0.29) is 32.3 Å². The molecule has 0 saturated carbocycles. The minimum Gasteiger partial charge on any atom is -0.498 e. The third kappa shape index (κ3) is 38.1. The molecule has 0 aromatic heterocycles. The molecule has 2 atom stereocenters. The van der Waals surface area contributed by atoms with Gasteiger partial charge in [-0.05, 0) is 51.0 Å². The summed E-state index contributed by atoms with van der Waals surface area (Å²) in [6.07, 6.45) is 42.8. The number of esters is 1. The lowest BCUT2D eigenvalue weighted by atomic mass is 10.0. The van der Waals surface area contributed by atoms with Gasteiger partial charge in [0.05, 0.1) is 19.5 Å². The van der Waals surface area contributed by atoms with Gasteiger partial charge in [-0.25, -0.2) is 4.57 Å². The highest BCUT2D eigenvalue weighted by Gasteiger charge is 2.25. The number of phosphoric ester groups is 1. The summed E-state index contributed by atoms with van der Waals surface area (Å²) >= 11 is 0. The lowest BCUT2D eigenvalue weighted by Crippen LogP contribution is -2.27. The fourth-order valence-electron chi connectivity index (χ4n) is 5.84. The third-order valence-electron chi connectivity index (χ3n) is 8.94. The largest absolute Gasteiger partial charge is 0.498 e. The predicted molar refractivity (Wildman–Crippen MR) is 210 cm³/mol. The normalized spacial score (nSPS) is 13.7. The smallest absolute Gasteiger partial charge is 0.472 e. The van der Waals surface area contributed by atoms with Crippen molar-refractivity contribution in [2.24, 2.45) is 5.73 Å². The van der Waals surface area contributed by atoms with E-state index in [0.29, 0.717) is 6.42 Å². The molecular weight excluding hydrogens is 649 g/mol. The van der Waals surface area contributed by atoms with Crippen LogP contribution in [-0.4, -0.2) is 43.3 Å². The number of nitrogens with two attached hydrogens (primary N) is 1. The van der Waals surface area contributed by atoms with Crippen LogP contribution in [0.25, 0.3) is 0 Å². The maximum Gasteiger partial charge on any atom is 0.472 e. The number of carbonyl (C=O) groups excluding carboxylic acids is 1. The molecule has 0 heterocycles. The standard InChI is InChI=1S/C41H80NO7P/c1-3-5-7-9-11-13-15-17-19-20-21-22-24-26-28-30-32-34-41(43)49-40(39-48-50(44,45)47-37-35-42)38-46-36-33-31-29-27-25-23-18-16-14-12-10-8-6-4-2/h17,19,33,36,40H,3-16,18,20-32,34-35,37-39,42H2,1-2H3,(H,44,45)/t40-/m1/s1. The summed E-state index contributed by atoms with van der Waals surface area (Å²) in [6, 6.07) is 0. The molecule has 0 aromatic rings. The van der Waals surface area contributed by atoms with Gasteiger partial charge in [-0.3, -0.25) is 13.8 Å². The number of ether oxygens (including phenoxy) is 2. The van der Waals surface area contributed by atoms with Crippen LogP contribution in [0, 0.1) is 0 Å². The Morgan fingerprint density at radius 2 is 1.02 bits per heavy atom. The number of rotatable bonds is 40. The molecule has 0 bridgehead atoms. The number of phosphoric acid groups is 1. The maximum atomic E-state index is 12.5. The zero-order chi connectivity index (χ0) is 36.6. The molecule has 8 nitrogen and oxygen atoms in total. The number of allylic oxidation sites excluding steroid dienone is 3. The van der Waals surface area contributed by atoms with Gasteiger partial charge in [0, 0.05) is 13.0 Å². The van der Waals surface area contributed by atoms with E-state index in [9.17, 15) is 14.3 Å². The average molecular weight is 730 g/mol. The maximum absolute atomic E-state index is 12.5. The second-order valence-corrected chi connectivity index (χ2v) is 15.4. The first kappa shape index (κ1) is 48.8. The van der Waals surface area contributed by atoms with Crippen molar-refractivity contribution in [3.05, 3.63) is 24.5 Å². The van der Waals surface area contributed by atoms with Crippen LogP contribution in [0.4, 0.5) is 0 Å². The molecule has 3 N–H and O–H groups in total. The summed E-state index contributed by atoms with van der Waals surface area (Å²) in [6.45, 7) is 4.24. The van der Waals surface area contributed by atoms with Crippen LogP contribution in [0.15, 0.2) is 24.5 Å². The van der Waals surface area contributed by atoms with E-state index in [1.165, 1.54) is 148 Å². The van der Waals surface area contributed by atoms with Crippen LogP contribution in [0.1, 0.15) is 200 Å². The van der Waals surface area contributed by atoms with Crippen molar-refractivity contribution in [2.75, 3.05) is 26.4 Å². The molecule has 0 amide bonds. The minimum atomic E-state index is -4.29. The van der Waals surface area contributed by atoms with Crippen molar-refractivity contribution in [1.82, 2.24) is 0 Å². The van der Waals surface area contributed by atoms with Crippen molar-refractivity contribution >= 4 is 13.8 Å². The van der Waals surface area contributed by atoms with Crippen molar-refractivity contribution in [2.45, 2.75) is 206 Å². The Balaban J connectivity index is 4.09. The fourth-order valence-corrected chi connectivity index (χ4v) is 6.60. The lowest BCUT2D eigenvalue weighted by molar-refractivity contribution is -0.153. The number of hydrogen-bond acceptors (Lipinski definition) is 7. The van der Waals surface area contributed by atoms with E-state index in [0.717, 1.165) is 32.1 Å². The highest BCUT2D eigenvalue weighted by Crippen LogP contribution is 2.43. The van der Waals surface area contributed by atoms with Crippen LogP contribution in [0.3, 0.4) is 0 Å². The lowest BCUT2D eigenvalue weighted by Gasteiger charge is -2.19. The second kappa shape index (κ2) is 39.0. The molecule has 0 fully saturated rings. The molecular formula is C41H80NO7P. The van der Waals surface area contributed by atoms with Gasteiger partial charge in [-0.2, -0.15) is 0 Å². The Morgan fingerprint density at radius 1 is 0.600 bits per heavy atom. The summed E-state index contributed by atoms with van der Waals surface area (Å²) < 4.78 is 33.1. The number of unbranched alkanes of at least 4 members (excludes halogenated alkanes) is 25. The Kier molecular flexibility index (Phi) is 38.1. The molecule has 0 aromatic carbocycles. The van der Waals surface area contributed by atoms with Crippen molar-refractivity contribution in [3.8, 4) is 0 Å². The Hall–Kier alpha value is -1.18. The fraction of sp³-hybridized carbons (Fsp3) is 0.878. The van der Waals surface area contributed by atoms with E-state index in [1.54, 1.807) is 6.26 Å². The average Bonchev–Trinajstić information content (AvgIpc) is 3.10. The first-order chi connectivity index (χ1) is 24.4. The third-order valence-corrected chi connectivity index (χ3v) is 9.92. The molecule has 296 valence electrons. The zero-order valence-electron chi connectivity index (χ0n) is 32.6. The van der Waals surface area contributed by atoms with Gasteiger partial charge in [0.25, 0.3) is 0 Å². The molecule has 1 unspecified atom stereocenters. The SMILES string of the molecule is CCCCCCCCC=CCCCCCCCCCC(=O)O[C@H](COC=CCCCCCCCCCCCCCC)COP(=O)(O)OCCN. The van der Waals surface area contributed by atoms with Gasteiger partial charge >= 0.3 is 13.8 Å². The van der Waals surface area contributed by atoms with Crippen LogP contribution in [-0.2, 0) is 27.9 Å². The Labute approximate surface area is 308 Å². The van der Waals surface area contributed by atoms with Crippen LogP contribution in [0.2, 0.25) is 0 Å². The Bertz CT molecular complexity index is 823. The van der Waals surface area contributed by atoms with E-state index >= 15 is 0 Å². The van der Waals surface area contributed by atoms with Gasteiger partial charge in [-0.15, -0.1) is 0 Å². The van der Waals surface area contributed by atoms with Crippen molar-refractivity contribution < 1.29 is 32.8 Å². The summed E-state index contributed by atoms with van der Waals surface area (Å²) in [4.78, 5) is 22.4. The number of hydrogen-bond donors (Lipinski definition) is 2. The Morgan fingerprint density at radius 3 is 1.48 bits per heavy atom. The van der Waals surface area contributed by atoms with Crippen molar-refractivity contribution in [1.29, 1.82) is 0 Å². The molecule has 0 spiro atoms. The van der Waals surface area contributed by atoms with Crippen molar-refractivity contribution in [3.63, 3.8) is 0 Å². The van der Waals surface area contributed by atoms with E-state index < -0.39 is 13.9 Å². The molecule has 0 aliphatic heterocycles. The van der Waals surface area contributed by atoms with Gasteiger partial charge < -0.3 is 20.1 Å². The predicted octanol–water partition coefficient (Wildman–Crippen LogP) is 12.4. The molecule has 0 saturated heterocycles. The van der Waals surface area contributed by atoms with Gasteiger partial charge in [0.15, 0.2) is 6.10 Å². The van der Waals surface area contributed by atoms with Gasteiger partial charge in [0.1, 0.15) is 6.61 Å². The number of carbonyl (C=O) groups is 1. The van der Waals surface area contributed by atoms with Crippen LogP contribution in [0.5, 0.6) is 0 Å². The van der Waals surface area contributed by atoms with Gasteiger partial charge in [0.2, 0.25) is 0 Å². The summed E-state index contributed by atoms with van der Waals surface area (Å²) in [5.74, 6) is -0.355. The topological polar surface area (TPSA) is 117 Å². The van der Waals surface area contributed by atoms with Crippen LogP contribution < -0.4 is 5.73 Å². The minimum absolute atomic E-state index is 0.0335. The second-order valence-electron chi connectivity index (χ2n) is 13.9. The molecule has 0 rings (SSSR count). The quantitative estimate of drug-likeness (QED) is 0.0210.